The summed E-state index contributed by atoms with van der Waals surface area (Å²) in [6.07, 6.45) is 1.16. The molecule has 20 heavy (non-hydrogen) atoms. The van der Waals surface area contributed by atoms with E-state index in [-0.39, 0.29) is 4.90 Å². The van der Waals surface area contributed by atoms with Gasteiger partial charge in [0.2, 0.25) is 0 Å². The summed E-state index contributed by atoms with van der Waals surface area (Å²) in [5, 5.41) is 3.21. The summed E-state index contributed by atoms with van der Waals surface area (Å²) in [4.78, 5) is 0.214. The topological polar surface area (TPSA) is 72.2 Å². The molecule has 0 aromatic heterocycles. The predicted molar refractivity (Wildman–Crippen MR) is 86.1 cm³/mol. The number of nitrogen functional groups attached to an aromatic ring is 1. The first-order chi connectivity index (χ1) is 9.27. The molecule has 0 saturated heterocycles. The van der Waals surface area contributed by atoms with Gasteiger partial charge in [0, 0.05) is 16.4 Å². The van der Waals surface area contributed by atoms with Crippen LogP contribution < -0.4 is 11.1 Å². The summed E-state index contributed by atoms with van der Waals surface area (Å²) < 4.78 is 23.9. The van der Waals surface area contributed by atoms with E-state index >= 15 is 0 Å². The lowest BCUT2D eigenvalue weighted by Crippen LogP contribution is -2.02. The first-order valence-corrected chi connectivity index (χ1v) is 8.58. The molecule has 0 spiro atoms. The molecule has 0 fully saturated rings. The lowest BCUT2D eigenvalue weighted by atomic mass is 10.2. The van der Waals surface area contributed by atoms with E-state index in [1.165, 1.54) is 6.07 Å². The maximum atomic E-state index is 11.5. The van der Waals surface area contributed by atoms with Crippen LogP contribution in [0, 0.1) is 6.92 Å². The van der Waals surface area contributed by atoms with Gasteiger partial charge in [-0.2, -0.15) is 0 Å². The normalized spacial score (nSPS) is 11.3. The molecule has 3 N–H and O–H groups in total. The quantitative estimate of drug-likeness (QED) is 0.827. The monoisotopic (exact) mass is 354 g/mol. The minimum Gasteiger partial charge on any atom is -0.397 e. The number of hydrogen-bond acceptors (Lipinski definition) is 4. The highest BCUT2D eigenvalue weighted by Crippen LogP contribution is 2.29. The number of rotatable bonds is 3. The zero-order chi connectivity index (χ0) is 14.9. The van der Waals surface area contributed by atoms with E-state index in [2.05, 4.69) is 21.2 Å². The van der Waals surface area contributed by atoms with Gasteiger partial charge >= 0.3 is 0 Å². The molecule has 0 saturated carbocycles. The van der Waals surface area contributed by atoms with Gasteiger partial charge in [-0.05, 0) is 42.8 Å². The van der Waals surface area contributed by atoms with E-state index in [4.69, 9.17) is 5.73 Å². The molecule has 0 amide bonds. The minimum absolute atomic E-state index is 0.214. The molecule has 0 unspecified atom stereocenters. The Labute approximate surface area is 127 Å². The van der Waals surface area contributed by atoms with Crippen LogP contribution in [0.1, 0.15) is 5.56 Å². The van der Waals surface area contributed by atoms with Crippen molar-refractivity contribution in [2.45, 2.75) is 11.8 Å². The van der Waals surface area contributed by atoms with Gasteiger partial charge in [0.1, 0.15) is 0 Å². The van der Waals surface area contributed by atoms with Gasteiger partial charge in [-0.1, -0.05) is 22.0 Å². The van der Waals surface area contributed by atoms with Crippen LogP contribution in [0.15, 0.2) is 45.8 Å². The molecule has 2 rings (SSSR count). The summed E-state index contributed by atoms with van der Waals surface area (Å²) in [5.41, 5.74) is 8.97. The van der Waals surface area contributed by atoms with Crippen LogP contribution in [0.4, 0.5) is 17.1 Å². The van der Waals surface area contributed by atoms with Crippen LogP contribution in [-0.4, -0.2) is 14.7 Å². The third-order valence-electron chi connectivity index (χ3n) is 2.92. The van der Waals surface area contributed by atoms with Crippen LogP contribution in [0.3, 0.4) is 0 Å². The number of aryl methyl sites for hydroxylation is 1. The van der Waals surface area contributed by atoms with E-state index in [9.17, 15) is 8.42 Å². The second-order valence-corrected chi connectivity index (χ2v) is 7.54. The van der Waals surface area contributed by atoms with Crippen molar-refractivity contribution in [3.8, 4) is 0 Å². The van der Waals surface area contributed by atoms with E-state index in [1.807, 2.05) is 25.1 Å². The SMILES string of the molecule is Cc1ccc(Br)cc1Nc1ccc(S(C)(=O)=O)cc1N. The summed E-state index contributed by atoms with van der Waals surface area (Å²) in [7, 11) is -3.25. The van der Waals surface area contributed by atoms with Gasteiger partial charge in [0.05, 0.1) is 16.3 Å². The Kier molecular flexibility index (Phi) is 4.06. The number of sulfone groups is 1. The molecule has 6 heteroatoms. The Balaban J connectivity index is 2.38. The van der Waals surface area contributed by atoms with E-state index in [0.29, 0.717) is 11.4 Å². The second-order valence-electron chi connectivity index (χ2n) is 4.61. The smallest absolute Gasteiger partial charge is 0.175 e. The molecule has 0 heterocycles. The number of hydrogen-bond donors (Lipinski definition) is 2. The first kappa shape index (κ1) is 14.9. The molecule has 0 atom stereocenters. The van der Waals surface area contributed by atoms with Crippen molar-refractivity contribution in [3.63, 3.8) is 0 Å². The molecule has 106 valence electrons. The number of nitrogens with one attached hydrogen (secondary N) is 1. The van der Waals surface area contributed by atoms with E-state index in [1.54, 1.807) is 12.1 Å². The van der Waals surface area contributed by atoms with Crippen LogP contribution in [0.25, 0.3) is 0 Å². The van der Waals surface area contributed by atoms with Gasteiger partial charge < -0.3 is 11.1 Å². The Morgan fingerprint density at radius 3 is 2.40 bits per heavy atom. The molecule has 2 aromatic rings. The van der Waals surface area contributed by atoms with Crippen molar-refractivity contribution < 1.29 is 8.42 Å². The molecule has 0 bridgehead atoms. The van der Waals surface area contributed by atoms with Crippen molar-refractivity contribution in [2.24, 2.45) is 0 Å². The maximum absolute atomic E-state index is 11.5. The standard InChI is InChI=1S/C14H15BrN2O2S/c1-9-3-4-10(15)7-14(9)17-13-6-5-11(8-12(13)16)20(2,18)19/h3-8,17H,16H2,1-2H3. The van der Waals surface area contributed by atoms with Crippen molar-refractivity contribution in [1.29, 1.82) is 0 Å². The Morgan fingerprint density at radius 1 is 1.10 bits per heavy atom. The maximum Gasteiger partial charge on any atom is 0.175 e. The zero-order valence-electron chi connectivity index (χ0n) is 11.1. The third-order valence-corrected chi connectivity index (χ3v) is 4.52. The molecular weight excluding hydrogens is 340 g/mol. The fourth-order valence-corrected chi connectivity index (χ4v) is 2.78. The van der Waals surface area contributed by atoms with Crippen LogP contribution in [0.2, 0.25) is 0 Å². The molecule has 0 aliphatic heterocycles. The number of nitrogens with two attached hydrogens (primary N) is 1. The van der Waals surface area contributed by atoms with Crippen molar-refractivity contribution in [2.75, 3.05) is 17.3 Å². The predicted octanol–water partition coefficient (Wildman–Crippen LogP) is 3.49. The fraction of sp³-hybridized carbons (Fsp3) is 0.143. The number of anilines is 3. The van der Waals surface area contributed by atoms with Gasteiger partial charge in [0.15, 0.2) is 9.84 Å². The summed E-state index contributed by atoms with van der Waals surface area (Å²) >= 11 is 3.42. The first-order valence-electron chi connectivity index (χ1n) is 5.90. The molecule has 0 aliphatic carbocycles. The summed E-state index contributed by atoms with van der Waals surface area (Å²) in [5.74, 6) is 0. The highest BCUT2D eigenvalue weighted by atomic mass is 79.9. The van der Waals surface area contributed by atoms with Gasteiger partial charge in [0.25, 0.3) is 0 Å². The Hall–Kier alpha value is -1.53. The largest absolute Gasteiger partial charge is 0.397 e. The second kappa shape index (κ2) is 5.46. The number of benzene rings is 2. The van der Waals surface area contributed by atoms with Gasteiger partial charge in [-0.3, -0.25) is 0 Å². The Bertz CT molecular complexity index is 758. The van der Waals surface area contributed by atoms with Crippen molar-refractivity contribution in [3.05, 3.63) is 46.4 Å². The van der Waals surface area contributed by atoms with Gasteiger partial charge in [-0.15, -0.1) is 0 Å². The average Bonchev–Trinajstić information content (AvgIpc) is 2.35. The summed E-state index contributed by atoms with van der Waals surface area (Å²) in [6.45, 7) is 1.98. The Morgan fingerprint density at radius 2 is 1.80 bits per heavy atom. The van der Waals surface area contributed by atoms with Crippen molar-refractivity contribution in [1.82, 2.24) is 0 Å². The van der Waals surface area contributed by atoms with E-state index in [0.717, 1.165) is 22.0 Å². The van der Waals surface area contributed by atoms with Crippen molar-refractivity contribution >= 4 is 42.8 Å². The molecule has 2 aromatic carbocycles. The lowest BCUT2D eigenvalue weighted by Gasteiger charge is -2.13. The van der Waals surface area contributed by atoms with Crippen LogP contribution in [-0.2, 0) is 9.84 Å². The minimum atomic E-state index is -3.25. The van der Waals surface area contributed by atoms with Gasteiger partial charge in [-0.25, -0.2) is 8.42 Å². The highest BCUT2D eigenvalue weighted by molar-refractivity contribution is 9.10. The molecule has 0 aliphatic rings. The molecule has 0 radical (unpaired) electrons. The van der Waals surface area contributed by atoms with E-state index < -0.39 is 9.84 Å². The summed E-state index contributed by atoms with van der Waals surface area (Å²) in [6, 6.07) is 10.6. The van der Waals surface area contributed by atoms with Crippen LogP contribution >= 0.6 is 15.9 Å². The van der Waals surface area contributed by atoms with Crippen LogP contribution in [0.5, 0.6) is 0 Å². The molecule has 4 nitrogen and oxygen atoms in total. The molecular formula is C14H15BrN2O2S. The number of halogens is 1. The lowest BCUT2D eigenvalue weighted by molar-refractivity contribution is 0.602. The zero-order valence-corrected chi connectivity index (χ0v) is 13.5. The fourth-order valence-electron chi connectivity index (χ4n) is 1.76. The average molecular weight is 355 g/mol. The third kappa shape index (κ3) is 3.32. The highest BCUT2D eigenvalue weighted by Gasteiger charge is 2.10.